The third-order valence-corrected chi connectivity index (χ3v) is 12.7. The van der Waals surface area contributed by atoms with Gasteiger partial charge in [0.25, 0.3) is 0 Å². The summed E-state index contributed by atoms with van der Waals surface area (Å²) in [7, 11) is 0. The zero-order valence-corrected chi connectivity index (χ0v) is 32.2. The minimum absolute atomic E-state index is 0.0963. The monoisotopic (exact) mass is 700 g/mol. The van der Waals surface area contributed by atoms with Crippen LogP contribution in [0.15, 0.2) is 145 Å². The third kappa shape index (κ3) is 5.22. The molecule has 54 heavy (non-hydrogen) atoms. The van der Waals surface area contributed by atoms with Gasteiger partial charge >= 0.3 is 0 Å². The lowest BCUT2D eigenvalue weighted by molar-refractivity contribution is 0.593. The van der Waals surface area contributed by atoms with E-state index in [0.717, 1.165) is 19.3 Å². The fraction of sp³-hybridized carbons (Fsp3) is 0.231. The second kappa shape index (κ2) is 12.2. The van der Waals surface area contributed by atoms with Crippen LogP contribution in [0.2, 0.25) is 0 Å². The van der Waals surface area contributed by atoms with Crippen molar-refractivity contribution in [1.82, 2.24) is 0 Å². The molecule has 4 aliphatic rings. The maximum atomic E-state index is 2.55. The van der Waals surface area contributed by atoms with E-state index in [9.17, 15) is 0 Å². The Morgan fingerprint density at radius 2 is 1.33 bits per heavy atom. The zero-order chi connectivity index (χ0) is 36.8. The van der Waals surface area contributed by atoms with Crippen LogP contribution in [0.25, 0.3) is 44.8 Å². The number of hydrogen-bond donors (Lipinski definition) is 0. The van der Waals surface area contributed by atoms with Gasteiger partial charge in [-0.1, -0.05) is 117 Å². The highest BCUT2D eigenvalue weighted by Gasteiger charge is 2.38. The van der Waals surface area contributed by atoms with Gasteiger partial charge in [0.15, 0.2) is 0 Å². The SMILES string of the molecule is CC1CCc2ccccc2N1c1ccc2c(ccc3cc(/C=C/c4ccc5c(c4)C(C)(C)c4cc(N6C7=C(C=CC6(C)C)CCC=C7)ccc4-5)ccc32)c1. The van der Waals surface area contributed by atoms with Crippen molar-refractivity contribution < 1.29 is 0 Å². The second-order valence-electron chi connectivity index (χ2n) is 17.0. The average molecular weight is 701 g/mol. The van der Waals surface area contributed by atoms with E-state index in [1.165, 1.54) is 95.2 Å². The highest BCUT2D eigenvalue weighted by molar-refractivity contribution is 6.09. The van der Waals surface area contributed by atoms with E-state index in [2.05, 4.69) is 190 Å². The summed E-state index contributed by atoms with van der Waals surface area (Å²) < 4.78 is 0. The average Bonchev–Trinajstić information content (AvgIpc) is 3.41. The standard InChI is InChI=1S/C52H48N2/c1-34-14-19-37-10-6-8-12-49(37)53(34)41-22-26-44-40(32-41)21-20-39-30-35(17-24-43(39)44)15-16-36-18-25-45-46-27-23-42(33-48(46)52(4,5)47(45)31-36)54-50-13-9-7-11-38(50)28-29-51(54,2)3/h6,8-10,12-13,15-18,20-34H,7,11,14,19H2,1-5H3/b16-15+. The van der Waals surface area contributed by atoms with E-state index < -0.39 is 0 Å². The lowest BCUT2D eigenvalue weighted by Gasteiger charge is -2.43. The molecule has 0 aromatic heterocycles. The first-order valence-electron chi connectivity index (χ1n) is 19.9. The molecule has 6 aromatic carbocycles. The molecule has 2 heterocycles. The van der Waals surface area contributed by atoms with E-state index in [1.807, 2.05) is 0 Å². The number of para-hydroxylation sites is 1. The van der Waals surface area contributed by atoms with Crippen molar-refractivity contribution in [3.8, 4) is 11.1 Å². The van der Waals surface area contributed by atoms with Gasteiger partial charge in [0.2, 0.25) is 0 Å². The van der Waals surface area contributed by atoms with Crippen molar-refractivity contribution >= 4 is 50.8 Å². The normalized spacial score (nSPS) is 19.4. The number of rotatable bonds is 4. The molecule has 2 heteroatoms. The number of aryl methyl sites for hydroxylation is 1. The maximum absolute atomic E-state index is 2.55. The van der Waals surface area contributed by atoms with E-state index in [4.69, 9.17) is 0 Å². The summed E-state index contributed by atoms with van der Waals surface area (Å²) in [6.07, 6.45) is 18.5. The number of allylic oxidation sites excluding steroid dienone is 4. The number of benzene rings is 6. The van der Waals surface area contributed by atoms with Crippen LogP contribution in [0.5, 0.6) is 0 Å². The van der Waals surface area contributed by atoms with Crippen molar-refractivity contribution in [1.29, 1.82) is 0 Å². The molecule has 6 aromatic rings. The molecule has 2 aliphatic carbocycles. The molecule has 2 aliphatic heterocycles. The van der Waals surface area contributed by atoms with Gasteiger partial charge in [0.1, 0.15) is 0 Å². The smallest absolute Gasteiger partial charge is 0.0580 e. The fourth-order valence-corrected chi connectivity index (χ4v) is 9.81. The summed E-state index contributed by atoms with van der Waals surface area (Å²) in [5.74, 6) is 0. The first-order valence-corrected chi connectivity index (χ1v) is 19.9. The Kier molecular flexibility index (Phi) is 7.47. The van der Waals surface area contributed by atoms with Crippen molar-refractivity contribution in [2.24, 2.45) is 0 Å². The molecule has 0 spiro atoms. The first kappa shape index (κ1) is 33.0. The number of hydrogen-bond acceptors (Lipinski definition) is 2. The highest BCUT2D eigenvalue weighted by atomic mass is 15.2. The summed E-state index contributed by atoms with van der Waals surface area (Å²) in [4.78, 5) is 5.08. The Labute approximate surface area is 320 Å². The van der Waals surface area contributed by atoms with Gasteiger partial charge < -0.3 is 9.80 Å². The van der Waals surface area contributed by atoms with Crippen LogP contribution in [0.1, 0.15) is 81.7 Å². The van der Waals surface area contributed by atoms with Gasteiger partial charge in [0, 0.05) is 34.2 Å². The molecular weight excluding hydrogens is 653 g/mol. The molecular formula is C52H48N2. The molecule has 1 unspecified atom stereocenters. The summed E-state index contributed by atoms with van der Waals surface area (Å²) in [5, 5.41) is 5.17. The first-order chi connectivity index (χ1) is 26.2. The van der Waals surface area contributed by atoms with Crippen LogP contribution in [0.3, 0.4) is 0 Å². The van der Waals surface area contributed by atoms with Crippen LogP contribution in [-0.2, 0) is 11.8 Å². The molecule has 266 valence electrons. The van der Waals surface area contributed by atoms with Crippen LogP contribution in [-0.4, -0.2) is 11.6 Å². The van der Waals surface area contributed by atoms with Crippen molar-refractivity contribution in [3.63, 3.8) is 0 Å². The molecule has 0 fully saturated rings. The Morgan fingerprint density at radius 1 is 0.648 bits per heavy atom. The van der Waals surface area contributed by atoms with Crippen LogP contribution in [0.4, 0.5) is 17.1 Å². The van der Waals surface area contributed by atoms with Crippen molar-refractivity contribution in [2.75, 3.05) is 9.80 Å². The molecule has 0 amide bonds. The lowest BCUT2D eigenvalue weighted by atomic mass is 9.81. The lowest BCUT2D eigenvalue weighted by Crippen LogP contribution is -2.44. The molecule has 0 bridgehead atoms. The number of fused-ring (bicyclic) bond motifs is 7. The minimum Gasteiger partial charge on any atom is -0.338 e. The summed E-state index contributed by atoms with van der Waals surface area (Å²) in [5.41, 5.74) is 15.9. The van der Waals surface area contributed by atoms with E-state index in [1.54, 1.807) is 0 Å². The second-order valence-corrected chi connectivity index (χ2v) is 17.0. The molecule has 0 saturated heterocycles. The Bertz CT molecular complexity index is 2640. The Balaban J connectivity index is 0.927. The zero-order valence-electron chi connectivity index (χ0n) is 32.2. The van der Waals surface area contributed by atoms with E-state index in [-0.39, 0.29) is 11.0 Å². The van der Waals surface area contributed by atoms with Crippen LogP contribution < -0.4 is 9.80 Å². The van der Waals surface area contributed by atoms with Gasteiger partial charge in [-0.2, -0.15) is 0 Å². The molecule has 2 nitrogen and oxygen atoms in total. The molecule has 10 rings (SSSR count). The van der Waals surface area contributed by atoms with Crippen molar-refractivity contribution in [3.05, 3.63) is 173 Å². The fourth-order valence-electron chi connectivity index (χ4n) is 9.81. The number of nitrogens with zero attached hydrogens (tertiary/aromatic N) is 2. The number of anilines is 3. The summed E-state index contributed by atoms with van der Waals surface area (Å²) in [6, 6.07) is 42.1. The Morgan fingerprint density at radius 3 is 2.17 bits per heavy atom. The van der Waals surface area contributed by atoms with Gasteiger partial charge in [-0.05, 0) is 155 Å². The summed E-state index contributed by atoms with van der Waals surface area (Å²) >= 11 is 0. The molecule has 0 saturated carbocycles. The topological polar surface area (TPSA) is 6.48 Å². The largest absolute Gasteiger partial charge is 0.338 e. The highest BCUT2D eigenvalue weighted by Crippen LogP contribution is 2.51. The maximum Gasteiger partial charge on any atom is 0.0580 e. The molecule has 0 N–H and O–H groups in total. The van der Waals surface area contributed by atoms with Crippen LogP contribution in [0, 0.1) is 0 Å². The van der Waals surface area contributed by atoms with E-state index >= 15 is 0 Å². The van der Waals surface area contributed by atoms with E-state index in [0.29, 0.717) is 6.04 Å². The third-order valence-electron chi connectivity index (χ3n) is 12.7. The summed E-state index contributed by atoms with van der Waals surface area (Å²) in [6.45, 7) is 11.8. The minimum atomic E-state index is -0.0980. The quantitative estimate of drug-likeness (QED) is 0.133. The van der Waals surface area contributed by atoms with Crippen LogP contribution >= 0.6 is 0 Å². The molecule has 1 atom stereocenters. The Hall–Kier alpha value is -5.60. The van der Waals surface area contributed by atoms with Gasteiger partial charge in [-0.15, -0.1) is 0 Å². The van der Waals surface area contributed by atoms with Crippen molar-refractivity contribution in [2.45, 2.75) is 77.3 Å². The molecule has 0 radical (unpaired) electrons. The predicted molar refractivity (Wildman–Crippen MR) is 232 cm³/mol. The predicted octanol–water partition coefficient (Wildman–Crippen LogP) is 13.7. The van der Waals surface area contributed by atoms with Gasteiger partial charge in [0.05, 0.1) is 5.54 Å². The van der Waals surface area contributed by atoms with Gasteiger partial charge in [-0.3, -0.25) is 0 Å². The van der Waals surface area contributed by atoms with Gasteiger partial charge in [-0.25, -0.2) is 0 Å².